The lowest BCUT2D eigenvalue weighted by molar-refractivity contribution is 0.102. The Morgan fingerprint density at radius 1 is 1.00 bits per heavy atom. The predicted octanol–water partition coefficient (Wildman–Crippen LogP) is 4.89. The third-order valence-electron chi connectivity index (χ3n) is 5.27. The van der Waals surface area contributed by atoms with Crippen molar-refractivity contribution in [3.05, 3.63) is 71.5 Å². The predicted molar refractivity (Wildman–Crippen MR) is 121 cm³/mol. The minimum absolute atomic E-state index is 0.00588. The molecule has 2 aromatic carbocycles. The van der Waals surface area contributed by atoms with Crippen molar-refractivity contribution in [3.8, 4) is 28.6 Å². The molecule has 0 aliphatic carbocycles. The van der Waals surface area contributed by atoms with Gasteiger partial charge in [0.1, 0.15) is 13.2 Å². The summed E-state index contributed by atoms with van der Waals surface area (Å²) in [5.41, 5.74) is 4.30. The largest absolute Gasteiger partial charge is 0.486 e. The van der Waals surface area contributed by atoms with E-state index >= 15 is 0 Å². The number of carbonyl (C=O) groups is 1. The molecule has 3 heterocycles. The van der Waals surface area contributed by atoms with Gasteiger partial charge in [-0.05, 0) is 44.2 Å². The van der Waals surface area contributed by atoms with Crippen LogP contribution in [0.5, 0.6) is 11.5 Å². The summed E-state index contributed by atoms with van der Waals surface area (Å²) < 4.78 is 19.1. The average Bonchev–Trinajstić information content (AvgIpc) is 3.42. The molecule has 0 saturated carbocycles. The van der Waals surface area contributed by atoms with Crippen LogP contribution in [0, 0.1) is 13.8 Å². The van der Waals surface area contributed by atoms with Gasteiger partial charge in [0.05, 0.1) is 5.75 Å². The van der Waals surface area contributed by atoms with Crippen molar-refractivity contribution in [2.45, 2.75) is 19.1 Å². The van der Waals surface area contributed by atoms with Crippen molar-refractivity contribution >= 4 is 17.5 Å². The van der Waals surface area contributed by atoms with Gasteiger partial charge >= 0.3 is 0 Å². The van der Waals surface area contributed by atoms with E-state index in [2.05, 4.69) is 14.8 Å². The first kappa shape index (κ1) is 20.4. The highest BCUT2D eigenvalue weighted by atomic mass is 32.2. The van der Waals surface area contributed by atoms with Crippen molar-refractivity contribution in [2.75, 3.05) is 19.0 Å². The number of thioether (sulfide) groups is 1. The molecule has 0 atom stereocenters. The van der Waals surface area contributed by atoms with E-state index < -0.39 is 0 Å². The lowest BCUT2D eigenvalue weighted by atomic mass is 10.2. The molecule has 5 rings (SSSR count). The van der Waals surface area contributed by atoms with Gasteiger partial charge in [0.25, 0.3) is 5.22 Å². The Labute approximate surface area is 189 Å². The van der Waals surface area contributed by atoms with Crippen LogP contribution in [0.25, 0.3) is 17.1 Å². The molecule has 4 aromatic rings. The van der Waals surface area contributed by atoms with Crippen molar-refractivity contribution in [2.24, 2.45) is 0 Å². The molecule has 32 heavy (non-hydrogen) atoms. The standard InChI is InChI=1S/C24H21N3O4S/c1-15-12-19(16(2)27(15)18-8-9-21-22(13-18)30-11-10-29-21)20(28)14-32-24-26-25-23(31-24)17-6-4-3-5-7-17/h3-9,12-13H,10-11,14H2,1-2H3. The topological polar surface area (TPSA) is 79.4 Å². The molecule has 7 nitrogen and oxygen atoms in total. The van der Waals surface area contributed by atoms with E-state index in [0.717, 1.165) is 34.1 Å². The van der Waals surface area contributed by atoms with Crippen LogP contribution >= 0.6 is 11.8 Å². The number of fused-ring (bicyclic) bond motifs is 1. The first-order valence-electron chi connectivity index (χ1n) is 10.2. The van der Waals surface area contributed by atoms with E-state index in [0.29, 0.717) is 29.9 Å². The highest BCUT2D eigenvalue weighted by molar-refractivity contribution is 7.99. The molecule has 1 aliphatic rings. The fraction of sp³-hybridized carbons (Fsp3) is 0.208. The second-order valence-corrected chi connectivity index (χ2v) is 8.33. The fourth-order valence-electron chi connectivity index (χ4n) is 3.78. The van der Waals surface area contributed by atoms with E-state index in [1.165, 1.54) is 11.8 Å². The molecule has 0 spiro atoms. The summed E-state index contributed by atoms with van der Waals surface area (Å²) in [7, 11) is 0. The van der Waals surface area contributed by atoms with Crippen LogP contribution in [0.1, 0.15) is 21.7 Å². The normalized spacial score (nSPS) is 12.7. The Balaban J connectivity index is 1.33. The Kier molecular flexibility index (Phi) is 5.45. The van der Waals surface area contributed by atoms with Gasteiger partial charge in [-0.2, -0.15) is 0 Å². The van der Waals surface area contributed by atoms with E-state index in [4.69, 9.17) is 13.9 Å². The van der Waals surface area contributed by atoms with Crippen LogP contribution in [0.4, 0.5) is 0 Å². The number of ketones is 1. The summed E-state index contributed by atoms with van der Waals surface area (Å²) in [6.07, 6.45) is 0. The maximum atomic E-state index is 13.0. The lowest BCUT2D eigenvalue weighted by Crippen LogP contribution is -2.15. The van der Waals surface area contributed by atoms with Gasteiger partial charge in [0, 0.05) is 34.3 Å². The number of nitrogens with zero attached hydrogens (tertiary/aromatic N) is 3. The fourth-order valence-corrected chi connectivity index (χ4v) is 4.43. The number of ether oxygens (including phenoxy) is 2. The highest BCUT2D eigenvalue weighted by Crippen LogP contribution is 2.34. The highest BCUT2D eigenvalue weighted by Gasteiger charge is 2.20. The molecule has 0 N–H and O–H groups in total. The van der Waals surface area contributed by atoms with Crippen LogP contribution in [0.3, 0.4) is 0 Å². The number of hydrogen-bond donors (Lipinski definition) is 0. The van der Waals surface area contributed by atoms with Crippen LogP contribution in [-0.4, -0.2) is 39.5 Å². The van der Waals surface area contributed by atoms with E-state index in [1.54, 1.807) is 0 Å². The molecule has 8 heteroatoms. The molecule has 0 fully saturated rings. The minimum atomic E-state index is 0.00588. The third kappa shape index (κ3) is 3.89. The molecule has 0 bridgehead atoms. The SMILES string of the molecule is Cc1cc(C(=O)CSc2nnc(-c3ccccc3)o2)c(C)n1-c1ccc2c(c1)OCCO2. The van der Waals surface area contributed by atoms with Gasteiger partial charge in [-0.1, -0.05) is 30.0 Å². The first-order chi connectivity index (χ1) is 15.6. The second-order valence-electron chi connectivity index (χ2n) is 7.40. The summed E-state index contributed by atoms with van der Waals surface area (Å²) in [5.74, 6) is 2.12. The number of hydrogen-bond acceptors (Lipinski definition) is 7. The number of benzene rings is 2. The summed E-state index contributed by atoms with van der Waals surface area (Å²) in [6, 6.07) is 17.3. The van der Waals surface area contributed by atoms with Gasteiger partial charge < -0.3 is 18.5 Å². The monoisotopic (exact) mass is 447 g/mol. The van der Waals surface area contributed by atoms with Crippen molar-refractivity contribution < 1.29 is 18.7 Å². The smallest absolute Gasteiger partial charge is 0.277 e. The molecule has 0 saturated heterocycles. The number of rotatable bonds is 6. The molecule has 0 unspecified atom stereocenters. The Bertz CT molecular complexity index is 1280. The summed E-state index contributed by atoms with van der Waals surface area (Å²) >= 11 is 1.24. The molecule has 0 amide bonds. The molecule has 162 valence electrons. The minimum Gasteiger partial charge on any atom is -0.486 e. The molecular formula is C24H21N3O4S. The van der Waals surface area contributed by atoms with E-state index in [9.17, 15) is 4.79 Å². The zero-order valence-electron chi connectivity index (χ0n) is 17.7. The Morgan fingerprint density at radius 2 is 1.78 bits per heavy atom. The zero-order chi connectivity index (χ0) is 22.1. The third-order valence-corrected chi connectivity index (χ3v) is 6.09. The van der Waals surface area contributed by atoms with Crippen molar-refractivity contribution in [1.82, 2.24) is 14.8 Å². The summed E-state index contributed by atoms with van der Waals surface area (Å²) in [6.45, 7) is 5.01. The average molecular weight is 448 g/mol. The molecule has 1 aliphatic heterocycles. The van der Waals surface area contributed by atoms with Crippen LogP contribution in [0.2, 0.25) is 0 Å². The Hall–Kier alpha value is -3.52. The van der Waals surface area contributed by atoms with Gasteiger partial charge in [0.2, 0.25) is 5.89 Å². The van der Waals surface area contributed by atoms with Gasteiger partial charge in [0.15, 0.2) is 17.3 Å². The number of aromatic nitrogens is 3. The summed E-state index contributed by atoms with van der Waals surface area (Å²) in [5, 5.41) is 8.50. The van der Waals surface area contributed by atoms with Crippen LogP contribution in [-0.2, 0) is 0 Å². The van der Waals surface area contributed by atoms with Gasteiger partial charge in [-0.15, -0.1) is 10.2 Å². The first-order valence-corrected chi connectivity index (χ1v) is 11.2. The molecular weight excluding hydrogens is 426 g/mol. The number of aryl methyl sites for hydroxylation is 1. The van der Waals surface area contributed by atoms with Gasteiger partial charge in [-0.3, -0.25) is 4.79 Å². The molecule has 0 radical (unpaired) electrons. The van der Waals surface area contributed by atoms with Gasteiger partial charge in [-0.25, -0.2) is 0 Å². The lowest BCUT2D eigenvalue weighted by Gasteiger charge is -2.20. The maximum absolute atomic E-state index is 13.0. The maximum Gasteiger partial charge on any atom is 0.277 e. The van der Waals surface area contributed by atoms with Crippen LogP contribution in [0.15, 0.2) is 64.2 Å². The van der Waals surface area contributed by atoms with E-state index in [-0.39, 0.29) is 11.5 Å². The number of Topliss-reactive ketones (excluding diaryl/α,β-unsaturated/α-hetero) is 1. The second kappa shape index (κ2) is 8.55. The zero-order valence-corrected chi connectivity index (χ0v) is 18.5. The quantitative estimate of drug-likeness (QED) is 0.307. The molecule has 2 aromatic heterocycles. The summed E-state index contributed by atoms with van der Waals surface area (Å²) in [4.78, 5) is 13.0. The Morgan fingerprint density at radius 3 is 2.59 bits per heavy atom. The van der Waals surface area contributed by atoms with Crippen molar-refractivity contribution in [1.29, 1.82) is 0 Å². The van der Waals surface area contributed by atoms with E-state index in [1.807, 2.05) is 68.4 Å². The van der Waals surface area contributed by atoms with Crippen molar-refractivity contribution in [3.63, 3.8) is 0 Å². The number of carbonyl (C=O) groups excluding carboxylic acids is 1. The van der Waals surface area contributed by atoms with Crippen LogP contribution < -0.4 is 9.47 Å².